The first-order valence-corrected chi connectivity index (χ1v) is 8.64. The highest BCUT2D eigenvalue weighted by Gasteiger charge is 2.36. The second-order valence-electron chi connectivity index (χ2n) is 6.15. The number of furan rings is 1. The number of hydrogen-bond donors (Lipinski definition) is 1. The molecule has 0 aliphatic carbocycles. The molecule has 0 aliphatic heterocycles. The number of hydrogen-bond acceptors (Lipinski definition) is 5. The molecule has 1 aromatic carbocycles. The van der Waals surface area contributed by atoms with Gasteiger partial charge in [0.2, 0.25) is 5.82 Å². The number of nitrogens with zero attached hydrogens (tertiary/aromatic N) is 4. The molecule has 7 nitrogen and oxygen atoms in total. The molecule has 0 bridgehead atoms. The second kappa shape index (κ2) is 7.04. The maximum absolute atomic E-state index is 13.5. The number of benzene rings is 1. The van der Waals surface area contributed by atoms with Gasteiger partial charge in [-0.1, -0.05) is 19.1 Å². The number of carbonyl (C=O) groups is 1. The minimum Gasteiger partial charge on any atom is -0.463 e. The van der Waals surface area contributed by atoms with E-state index in [9.17, 15) is 18.0 Å². The van der Waals surface area contributed by atoms with E-state index in [0.717, 1.165) is 18.1 Å². The fourth-order valence-electron chi connectivity index (χ4n) is 2.73. The molecule has 0 atom stereocenters. The van der Waals surface area contributed by atoms with Gasteiger partial charge in [0.1, 0.15) is 5.69 Å². The molecule has 3 aromatic heterocycles. The normalized spacial score (nSPS) is 11.7. The predicted molar refractivity (Wildman–Crippen MR) is 97.3 cm³/mol. The SMILES string of the molecule is CCc1ccc(NC(=O)c2nc3nc(-c4ccco4)cc(C(F)(F)F)n3n2)cc1. The van der Waals surface area contributed by atoms with Gasteiger partial charge in [0.25, 0.3) is 11.7 Å². The van der Waals surface area contributed by atoms with Crippen LogP contribution in [0.5, 0.6) is 0 Å². The molecule has 10 heteroatoms. The van der Waals surface area contributed by atoms with Gasteiger partial charge in [0.05, 0.1) is 6.26 Å². The van der Waals surface area contributed by atoms with Gasteiger partial charge in [-0.15, -0.1) is 5.10 Å². The fraction of sp³-hybridized carbons (Fsp3) is 0.158. The molecule has 0 unspecified atom stereocenters. The van der Waals surface area contributed by atoms with Crippen LogP contribution in [0.2, 0.25) is 0 Å². The van der Waals surface area contributed by atoms with Crippen LogP contribution in [0.15, 0.2) is 53.1 Å². The molecule has 0 aliphatic rings. The first kappa shape index (κ1) is 18.7. The molecular formula is C19H14F3N5O2. The van der Waals surface area contributed by atoms with Crippen LogP contribution < -0.4 is 5.32 Å². The lowest BCUT2D eigenvalue weighted by atomic mass is 10.1. The standard InChI is InChI=1S/C19H14F3N5O2/c1-2-11-5-7-12(8-6-11)23-17(28)16-25-18-24-13(14-4-3-9-29-14)10-15(19(20,21)22)27(18)26-16/h3-10H,2H2,1H3,(H,23,28). The van der Waals surface area contributed by atoms with Gasteiger partial charge in [-0.3, -0.25) is 4.79 Å². The van der Waals surface area contributed by atoms with Gasteiger partial charge in [-0.25, -0.2) is 4.98 Å². The zero-order valence-electron chi connectivity index (χ0n) is 15.1. The Kier molecular flexibility index (Phi) is 4.53. The number of alkyl halides is 3. The third kappa shape index (κ3) is 3.68. The predicted octanol–water partition coefficient (Wildman–Crippen LogP) is 4.22. The summed E-state index contributed by atoms with van der Waals surface area (Å²) in [5.74, 6) is -1.40. The zero-order valence-corrected chi connectivity index (χ0v) is 15.1. The molecular weight excluding hydrogens is 387 g/mol. The van der Waals surface area contributed by atoms with E-state index in [1.807, 2.05) is 19.1 Å². The first-order valence-electron chi connectivity index (χ1n) is 8.64. The number of carbonyl (C=O) groups excluding carboxylic acids is 1. The molecule has 148 valence electrons. The summed E-state index contributed by atoms with van der Waals surface area (Å²) >= 11 is 0. The fourth-order valence-corrected chi connectivity index (χ4v) is 2.73. The van der Waals surface area contributed by atoms with Gasteiger partial charge in [-0.2, -0.15) is 22.7 Å². The molecule has 4 aromatic rings. The number of aromatic nitrogens is 4. The van der Waals surface area contributed by atoms with Crippen molar-refractivity contribution in [3.8, 4) is 11.5 Å². The number of fused-ring (bicyclic) bond motifs is 1. The molecule has 0 saturated heterocycles. The Bertz CT molecular complexity index is 1170. The van der Waals surface area contributed by atoms with E-state index >= 15 is 0 Å². The summed E-state index contributed by atoms with van der Waals surface area (Å²) in [4.78, 5) is 20.4. The Morgan fingerprint density at radius 2 is 1.93 bits per heavy atom. The van der Waals surface area contributed by atoms with E-state index in [2.05, 4.69) is 20.4 Å². The Balaban J connectivity index is 1.73. The molecule has 0 fully saturated rings. The minimum absolute atomic E-state index is 0.0654. The van der Waals surface area contributed by atoms with Crippen LogP contribution in [0.4, 0.5) is 18.9 Å². The van der Waals surface area contributed by atoms with Crippen LogP contribution in [0, 0.1) is 0 Å². The van der Waals surface area contributed by atoms with Crippen molar-refractivity contribution < 1.29 is 22.4 Å². The van der Waals surface area contributed by atoms with Gasteiger partial charge < -0.3 is 9.73 Å². The summed E-state index contributed by atoms with van der Waals surface area (Å²) in [6.07, 6.45) is -2.58. The monoisotopic (exact) mass is 401 g/mol. The van der Waals surface area contributed by atoms with Crippen molar-refractivity contribution in [2.24, 2.45) is 0 Å². The van der Waals surface area contributed by atoms with Gasteiger partial charge in [-0.05, 0) is 42.3 Å². The smallest absolute Gasteiger partial charge is 0.433 e. The van der Waals surface area contributed by atoms with E-state index in [4.69, 9.17) is 4.42 Å². The highest BCUT2D eigenvalue weighted by Crippen LogP contribution is 2.32. The lowest BCUT2D eigenvalue weighted by Crippen LogP contribution is -2.16. The molecule has 1 N–H and O–H groups in total. The van der Waals surface area contributed by atoms with Crippen LogP contribution in [-0.4, -0.2) is 25.5 Å². The molecule has 4 rings (SSSR count). The molecule has 0 spiro atoms. The van der Waals surface area contributed by atoms with Crippen LogP contribution in [0.3, 0.4) is 0 Å². The van der Waals surface area contributed by atoms with Crippen molar-refractivity contribution in [2.75, 3.05) is 5.32 Å². The van der Waals surface area contributed by atoms with Crippen molar-refractivity contribution in [1.82, 2.24) is 19.6 Å². The maximum atomic E-state index is 13.5. The Morgan fingerprint density at radius 1 is 1.17 bits per heavy atom. The second-order valence-corrected chi connectivity index (χ2v) is 6.15. The summed E-state index contributed by atoms with van der Waals surface area (Å²) in [6.45, 7) is 2.00. The lowest BCUT2D eigenvalue weighted by molar-refractivity contribution is -0.142. The quantitative estimate of drug-likeness (QED) is 0.554. The number of nitrogens with one attached hydrogen (secondary N) is 1. The van der Waals surface area contributed by atoms with Gasteiger partial charge in [0.15, 0.2) is 11.5 Å². The molecule has 0 saturated carbocycles. The first-order chi connectivity index (χ1) is 13.8. The topological polar surface area (TPSA) is 85.3 Å². The Hall–Kier alpha value is -3.69. The summed E-state index contributed by atoms with van der Waals surface area (Å²) in [5.41, 5.74) is 0.377. The van der Waals surface area contributed by atoms with Crippen molar-refractivity contribution in [1.29, 1.82) is 0 Å². The van der Waals surface area contributed by atoms with Crippen molar-refractivity contribution in [3.63, 3.8) is 0 Å². The Morgan fingerprint density at radius 3 is 2.55 bits per heavy atom. The molecule has 3 heterocycles. The van der Waals surface area contributed by atoms with E-state index in [1.54, 1.807) is 12.1 Å². The summed E-state index contributed by atoms with van der Waals surface area (Å²) in [7, 11) is 0. The number of rotatable bonds is 4. The molecule has 29 heavy (non-hydrogen) atoms. The number of halogens is 3. The Labute approximate surface area is 162 Å². The van der Waals surface area contributed by atoms with E-state index in [0.29, 0.717) is 10.2 Å². The highest BCUT2D eigenvalue weighted by molar-refractivity contribution is 6.01. The molecule has 1 amide bonds. The van der Waals surface area contributed by atoms with Crippen LogP contribution >= 0.6 is 0 Å². The average molecular weight is 401 g/mol. The molecule has 0 radical (unpaired) electrons. The van der Waals surface area contributed by atoms with Crippen molar-refractivity contribution in [2.45, 2.75) is 19.5 Å². The van der Waals surface area contributed by atoms with Crippen LogP contribution in [0.1, 0.15) is 28.8 Å². The maximum Gasteiger partial charge on any atom is 0.433 e. The largest absolute Gasteiger partial charge is 0.463 e. The third-order valence-electron chi connectivity index (χ3n) is 4.20. The lowest BCUT2D eigenvalue weighted by Gasteiger charge is -2.09. The summed E-state index contributed by atoms with van der Waals surface area (Å²) in [5, 5.41) is 6.28. The minimum atomic E-state index is -4.74. The number of anilines is 1. The summed E-state index contributed by atoms with van der Waals surface area (Å²) < 4.78 is 46.2. The third-order valence-corrected chi connectivity index (χ3v) is 4.20. The average Bonchev–Trinajstić information content (AvgIpc) is 3.36. The summed E-state index contributed by atoms with van der Waals surface area (Å²) in [6, 6.07) is 10.9. The highest BCUT2D eigenvalue weighted by atomic mass is 19.4. The van der Waals surface area contributed by atoms with Crippen molar-refractivity contribution >= 4 is 17.4 Å². The van der Waals surface area contributed by atoms with E-state index in [1.165, 1.54) is 18.4 Å². The van der Waals surface area contributed by atoms with Crippen molar-refractivity contribution in [3.05, 3.63) is 65.8 Å². The number of amides is 1. The van der Waals surface area contributed by atoms with Crippen LogP contribution in [-0.2, 0) is 12.6 Å². The van der Waals surface area contributed by atoms with Gasteiger partial charge in [0, 0.05) is 5.69 Å². The zero-order chi connectivity index (χ0) is 20.6. The van der Waals surface area contributed by atoms with E-state index in [-0.39, 0.29) is 17.2 Å². The van der Waals surface area contributed by atoms with Gasteiger partial charge >= 0.3 is 6.18 Å². The van der Waals surface area contributed by atoms with E-state index < -0.39 is 23.6 Å². The van der Waals surface area contributed by atoms with Crippen LogP contribution in [0.25, 0.3) is 17.2 Å². The number of aryl methyl sites for hydroxylation is 1.